The topological polar surface area (TPSA) is 46.2 Å². The second-order valence-corrected chi connectivity index (χ2v) is 6.37. The highest BCUT2D eigenvalue weighted by Gasteiger charge is 2.40. The number of fused-ring (bicyclic) bond motifs is 2. The number of nitrogens with one attached hydrogen (secondary N) is 1. The molecule has 2 aliphatic rings. The highest BCUT2D eigenvalue weighted by atomic mass is 16.2. The highest BCUT2D eigenvalue weighted by Crippen LogP contribution is 2.40. The Hall–Kier alpha value is -0.860. The Labute approximate surface area is 110 Å². The van der Waals surface area contributed by atoms with Gasteiger partial charge in [-0.05, 0) is 38.0 Å². The molecular formula is C15H25NO2. The molecule has 0 spiro atoms. The van der Waals surface area contributed by atoms with Gasteiger partial charge in [-0.2, -0.15) is 0 Å². The molecule has 0 aromatic rings. The summed E-state index contributed by atoms with van der Waals surface area (Å²) in [5.74, 6) is 1.69. The smallest absolute Gasteiger partial charge is 0.223 e. The zero-order valence-electron chi connectivity index (χ0n) is 11.6. The Balaban J connectivity index is 1.83. The fraction of sp³-hybridized carbons (Fsp3) is 0.867. The molecule has 2 aliphatic carbocycles. The van der Waals surface area contributed by atoms with Crippen molar-refractivity contribution in [2.45, 2.75) is 52.4 Å². The van der Waals surface area contributed by atoms with E-state index in [0.29, 0.717) is 11.7 Å². The Morgan fingerprint density at radius 2 is 1.89 bits per heavy atom. The van der Waals surface area contributed by atoms with Gasteiger partial charge in [0.2, 0.25) is 5.91 Å². The van der Waals surface area contributed by atoms with Gasteiger partial charge in [-0.3, -0.25) is 9.59 Å². The van der Waals surface area contributed by atoms with Crippen LogP contribution in [0.3, 0.4) is 0 Å². The van der Waals surface area contributed by atoms with Crippen molar-refractivity contribution in [3.63, 3.8) is 0 Å². The molecule has 1 N–H and O–H groups in total. The maximum Gasteiger partial charge on any atom is 0.223 e. The van der Waals surface area contributed by atoms with E-state index >= 15 is 0 Å². The van der Waals surface area contributed by atoms with Crippen molar-refractivity contribution in [2.24, 2.45) is 23.7 Å². The summed E-state index contributed by atoms with van der Waals surface area (Å²) < 4.78 is 0. The Morgan fingerprint density at radius 1 is 1.28 bits per heavy atom. The third-order valence-corrected chi connectivity index (χ3v) is 4.44. The third kappa shape index (κ3) is 3.12. The number of Topliss-reactive ketones (excluding diaryl/α,β-unsaturated/α-hetero) is 1. The van der Waals surface area contributed by atoms with Crippen molar-refractivity contribution in [1.29, 1.82) is 0 Å². The molecule has 1 amide bonds. The van der Waals surface area contributed by atoms with E-state index in [2.05, 4.69) is 19.2 Å². The number of carbonyl (C=O) groups excluding carboxylic acids is 2. The van der Waals surface area contributed by atoms with E-state index in [9.17, 15) is 9.59 Å². The van der Waals surface area contributed by atoms with Crippen LogP contribution in [0.2, 0.25) is 0 Å². The first-order valence-corrected chi connectivity index (χ1v) is 7.39. The van der Waals surface area contributed by atoms with Crippen molar-refractivity contribution in [1.82, 2.24) is 5.32 Å². The molecule has 0 aromatic carbocycles. The average Bonchev–Trinajstić information content (AvgIpc) is 2.27. The molecule has 3 atom stereocenters. The predicted molar refractivity (Wildman–Crippen MR) is 71.0 cm³/mol. The Morgan fingerprint density at radius 3 is 2.44 bits per heavy atom. The van der Waals surface area contributed by atoms with Crippen molar-refractivity contribution in [3.8, 4) is 0 Å². The van der Waals surface area contributed by atoms with Crippen molar-refractivity contribution < 1.29 is 9.59 Å². The number of amides is 1. The minimum absolute atomic E-state index is 0.0881. The van der Waals surface area contributed by atoms with Gasteiger partial charge >= 0.3 is 0 Å². The third-order valence-electron chi connectivity index (χ3n) is 4.44. The largest absolute Gasteiger partial charge is 0.356 e. The zero-order valence-corrected chi connectivity index (χ0v) is 11.6. The van der Waals surface area contributed by atoms with Crippen LogP contribution in [0.5, 0.6) is 0 Å². The molecule has 3 heteroatoms. The maximum atomic E-state index is 12.1. The van der Waals surface area contributed by atoms with Crippen LogP contribution in [0, 0.1) is 23.7 Å². The molecule has 102 valence electrons. The van der Waals surface area contributed by atoms with E-state index in [-0.39, 0.29) is 23.7 Å². The molecule has 0 aliphatic heterocycles. The SMILES string of the molecule is CC(C)CCNC(=O)C1C[C@H]2CCC[C@@H](C1)C2=O. The zero-order chi connectivity index (χ0) is 13.1. The van der Waals surface area contributed by atoms with E-state index in [1.54, 1.807) is 0 Å². The number of carbonyl (C=O) groups is 2. The molecule has 0 radical (unpaired) electrons. The molecule has 18 heavy (non-hydrogen) atoms. The van der Waals surface area contributed by atoms with Gasteiger partial charge in [0.1, 0.15) is 5.78 Å². The summed E-state index contributed by atoms with van der Waals surface area (Å²) >= 11 is 0. The second kappa shape index (κ2) is 5.85. The van der Waals surface area contributed by atoms with Crippen LogP contribution in [0.25, 0.3) is 0 Å². The van der Waals surface area contributed by atoms with Gasteiger partial charge in [-0.1, -0.05) is 20.3 Å². The van der Waals surface area contributed by atoms with Crippen LogP contribution in [-0.4, -0.2) is 18.2 Å². The summed E-state index contributed by atoms with van der Waals surface area (Å²) in [5.41, 5.74) is 0. The minimum Gasteiger partial charge on any atom is -0.356 e. The lowest BCUT2D eigenvalue weighted by Crippen LogP contribution is -2.42. The summed E-state index contributed by atoms with van der Waals surface area (Å²) in [6, 6.07) is 0. The second-order valence-electron chi connectivity index (χ2n) is 6.37. The Kier molecular flexibility index (Phi) is 4.41. The lowest BCUT2D eigenvalue weighted by molar-refractivity contribution is -0.137. The summed E-state index contributed by atoms with van der Waals surface area (Å²) in [6.45, 7) is 5.10. The molecule has 0 heterocycles. The van der Waals surface area contributed by atoms with E-state index in [4.69, 9.17) is 0 Å². The molecule has 0 aromatic heterocycles. The number of rotatable bonds is 4. The standard InChI is InChI=1S/C15H25NO2/c1-10(2)6-7-16-15(18)13-8-11-4-3-5-12(9-13)14(11)17/h10-13H,3-9H2,1-2H3,(H,16,18)/t11-,12+,13?. The molecule has 2 saturated carbocycles. The molecular weight excluding hydrogens is 226 g/mol. The van der Waals surface area contributed by atoms with Gasteiger partial charge in [0, 0.05) is 24.3 Å². The van der Waals surface area contributed by atoms with Gasteiger partial charge in [0.05, 0.1) is 0 Å². The first kappa shape index (κ1) is 13.6. The molecule has 2 fully saturated rings. The number of ketones is 1. The quantitative estimate of drug-likeness (QED) is 0.834. The van der Waals surface area contributed by atoms with Gasteiger partial charge in [-0.25, -0.2) is 0 Å². The molecule has 1 unspecified atom stereocenters. The highest BCUT2D eigenvalue weighted by molar-refractivity contribution is 5.88. The summed E-state index contributed by atoms with van der Waals surface area (Å²) in [4.78, 5) is 24.0. The van der Waals surface area contributed by atoms with Gasteiger partial charge in [0.15, 0.2) is 0 Å². The van der Waals surface area contributed by atoms with Crippen molar-refractivity contribution in [2.75, 3.05) is 6.54 Å². The van der Waals surface area contributed by atoms with Crippen LogP contribution >= 0.6 is 0 Å². The van der Waals surface area contributed by atoms with Gasteiger partial charge < -0.3 is 5.32 Å². The lowest BCUT2D eigenvalue weighted by atomic mass is 9.67. The van der Waals surface area contributed by atoms with Crippen LogP contribution < -0.4 is 5.32 Å². The normalized spacial score (nSPS) is 31.5. The lowest BCUT2D eigenvalue weighted by Gasteiger charge is -2.37. The molecule has 0 saturated heterocycles. The van der Waals surface area contributed by atoms with Crippen LogP contribution in [0.4, 0.5) is 0 Å². The van der Waals surface area contributed by atoms with Crippen molar-refractivity contribution in [3.05, 3.63) is 0 Å². The van der Waals surface area contributed by atoms with Gasteiger partial charge in [0.25, 0.3) is 0 Å². The Bertz CT molecular complexity index is 308. The van der Waals surface area contributed by atoms with E-state index in [0.717, 1.165) is 38.6 Å². The molecule has 2 rings (SSSR count). The summed E-state index contributed by atoms with van der Waals surface area (Å²) in [5, 5.41) is 3.04. The average molecular weight is 251 g/mol. The van der Waals surface area contributed by atoms with Gasteiger partial charge in [-0.15, -0.1) is 0 Å². The number of hydrogen-bond donors (Lipinski definition) is 1. The van der Waals surface area contributed by atoms with Crippen LogP contribution in [-0.2, 0) is 9.59 Å². The maximum absolute atomic E-state index is 12.1. The van der Waals surface area contributed by atoms with E-state index in [1.807, 2.05) is 0 Å². The first-order valence-electron chi connectivity index (χ1n) is 7.39. The summed E-state index contributed by atoms with van der Waals surface area (Å²) in [7, 11) is 0. The molecule has 2 bridgehead atoms. The monoisotopic (exact) mass is 251 g/mol. The van der Waals surface area contributed by atoms with Crippen LogP contribution in [0.15, 0.2) is 0 Å². The fourth-order valence-corrected chi connectivity index (χ4v) is 3.32. The fourth-order valence-electron chi connectivity index (χ4n) is 3.32. The summed E-state index contributed by atoms with van der Waals surface area (Å²) in [6.07, 6.45) is 5.80. The number of hydrogen-bond acceptors (Lipinski definition) is 2. The molecule has 3 nitrogen and oxygen atoms in total. The van der Waals surface area contributed by atoms with E-state index < -0.39 is 0 Å². The predicted octanol–water partition coefficient (Wildman–Crippen LogP) is 2.54. The minimum atomic E-state index is 0.0881. The van der Waals surface area contributed by atoms with Crippen molar-refractivity contribution >= 4 is 11.7 Å². The van der Waals surface area contributed by atoms with Crippen LogP contribution in [0.1, 0.15) is 52.4 Å². The van der Waals surface area contributed by atoms with E-state index in [1.165, 1.54) is 6.42 Å². The first-order chi connectivity index (χ1) is 8.58.